The van der Waals surface area contributed by atoms with Crippen LogP contribution >= 0.6 is 7.60 Å². The van der Waals surface area contributed by atoms with E-state index in [1.165, 1.54) is 27.8 Å². The first-order chi connectivity index (χ1) is 19.5. The molecule has 41 heavy (non-hydrogen) atoms. The lowest BCUT2D eigenvalue weighted by molar-refractivity contribution is -0.138. The molecule has 3 aromatic rings. The number of aromatic nitrogens is 1. The zero-order valence-electron chi connectivity index (χ0n) is 23.3. The number of hydrogen-bond acceptors (Lipinski definition) is 6. The molecule has 1 aliphatic heterocycles. The van der Waals surface area contributed by atoms with E-state index < -0.39 is 31.6 Å². The van der Waals surface area contributed by atoms with Crippen LogP contribution in [0.15, 0.2) is 42.6 Å². The van der Waals surface area contributed by atoms with Gasteiger partial charge in [-0.05, 0) is 50.5 Å². The van der Waals surface area contributed by atoms with Crippen LogP contribution in [-0.4, -0.2) is 59.0 Å². The molecule has 220 valence electrons. The van der Waals surface area contributed by atoms with Crippen molar-refractivity contribution in [3.8, 4) is 0 Å². The van der Waals surface area contributed by atoms with Gasteiger partial charge >= 0.3 is 7.60 Å². The van der Waals surface area contributed by atoms with Crippen LogP contribution < -0.4 is 11.0 Å². The number of nitrogens with zero attached hydrogens (tertiary/aromatic N) is 2. The molecule has 1 saturated heterocycles. The zero-order chi connectivity index (χ0) is 29.9. The minimum Gasteiger partial charge on any atom is -0.366 e. The number of alkyl halides is 1. The second-order valence-electron chi connectivity index (χ2n) is 9.98. The molecule has 1 aliphatic rings. The number of fused-ring (bicyclic) bond motifs is 1. The lowest BCUT2D eigenvalue weighted by atomic mass is 10.00. The molecule has 1 aromatic heterocycles. The first-order valence-corrected chi connectivity index (χ1v) is 15.1. The molecule has 0 bridgehead atoms. The fourth-order valence-corrected chi connectivity index (χ4v) is 6.82. The molecule has 1 fully saturated rings. The smallest absolute Gasteiger partial charge is 0.361 e. The Labute approximate surface area is 237 Å². The number of carbonyl (C=O) groups excluding carboxylic acids is 3. The summed E-state index contributed by atoms with van der Waals surface area (Å²) in [4.78, 5) is 39.9. The van der Waals surface area contributed by atoms with Gasteiger partial charge in [-0.25, -0.2) is 8.78 Å². The van der Waals surface area contributed by atoms with Crippen LogP contribution in [0.3, 0.4) is 0 Å². The molecule has 0 unspecified atom stereocenters. The quantitative estimate of drug-likeness (QED) is 0.316. The fourth-order valence-electron chi connectivity index (χ4n) is 5.23. The number of benzene rings is 2. The van der Waals surface area contributed by atoms with E-state index in [4.69, 9.17) is 14.8 Å². The van der Waals surface area contributed by atoms with Gasteiger partial charge in [0.1, 0.15) is 18.5 Å². The van der Waals surface area contributed by atoms with E-state index >= 15 is 0 Å². The third-order valence-corrected chi connectivity index (χ3v) is 9.31. The predicted octanol–water partition coefficient (Wildman–Crippen LogP) is 4.22. The Hall–Kier alpha value is -3.40. The van der Waals surface area contributed by atoms with Crippen molar-refractivity contribution in [3.63, 3.8) is 0 Å². The number of primary amides is 1. The number of rotatable bonds is 12. The monoisotopic (exact) mass is 589 g/mol. The van der Waals surface area contributed by atoms with Crippen LogP contribution in [0.2, 0.25) is 0 Å². The van der Waals surface area contributed by atoms with Crippen molar-refractivity contribution in [2.24, 2.45) is 5.73 Å². The Morgan fingerprint density at radius 3 is 2.49 bits per heavy atom. The Bertz CT molecular complexity index is 1510. The van der Waals surface area contributed by atoms with E-state index in [1.54, 1.807) is 45.0 Å². The molecule has 0 radical (unpaired) electrons. The average Bonchev–Trinajstić information content (AvgIpc) is 3.50. The van der Waals surface area contributed by atoms with Crippen LogP contribution in [0, 0.1) is 12.7 Å². The second-order valence-corrected chi connectivity index (χ2v) is 12.0. The van der Waals surface area contributed by atoms with Gasteiger partial charge < -0.3 is 24.2 Å². The lowest BCUT2D eigenvalue weighted by Gasteiger charge is -2.24. The number of nitrogens with two attached hydrogens (primary N) is 1. The minimum atomic E-state index is -3.68. The average molecular weight is 590 g/mol. The van der Waals surface area contributed by atoms with Crippen LogP contribution in [0.1, 0.15) is 48.2 Å². The Morgan fingerprint density at radius 1 is 1.12 bits per heavy atom. The first-order valence-electron chi connectivity index (χ1n) is 13.5. The number of aryl methyl sites for hydroxylation is 2. The highest BCUT2D eigenvalue weighted by atomic mass is 31.2. The molecule has 2 amide bonds. The predicted molar refractivity (Wildman–Crippen MR) is 150 cm³/mol. The molecular weight excluding hydrogens is 555 g/mol. The summed E-state index contributed by atoms with van der Waals surface area (Å²) < 4.78 is 54.6. The van der Waals surface area contributed by atoms with Gasteiger partial charge in [0, 0.05) is 24.4 Å². The molecule has 2 N–H and O–H groups in total. The van der Waals surface area contributed by atoms with E-state index in [9.17, 15) is 27.7 Å². The van der Waals surface area contributed by atoms with Crippen molar-refractivity contribution in [2.75, 3.05) is 19.8 Å². The molecule has 2 aromatic carbocycles. The van der Waals surface area contributed by atoms with E-state index in [0.717, 1.165) is 0 Å². The molecule has 0 saturated carbocycles. The van der Waals surface area contributed by atoms with E-state index in [1.807, 2.05) is 0 Å². The number of Topliss-reactive ketones (excluding diaryl/α,β-unsaturated/α-hetero) is 1. The molecule has 0 aliphatic carbocycles. The van der Waals surface area contributed by atoms with Gasteiger partial charge in [-0.1, -0.05) is 24.3 Å². The number of halogens is 2. The summed E-state index contributed by atoms with van der Waals surface area (Å²) in [7, 11) is -3.68. The number of carbonyl (C=O) groups is 3. The van der Waals surface area contributed by atoms with E-state index in [2.05, 4.69) is 0 Å². The molecule has 0 spiro atoms. The maximum Gasteiger partial charge on any atom is 0.361 e. The highest BCUT2D eigenvalue weighted by Gasteiger charge is 2.39. The fraction of sp³-hybridized carbons (Fsp3) is 0.414. The van der Waals surface area contributed by atoms with Crippen LogP contribution in [0.4, 0.5) is 8.78 Å². The molecule has 4 rings (SSSR count). The highest BCUT2D eigenvalue weighted by molar-refractivity contribution is 7.62. The normalized spacial score (nSPS) is 17.3. The van der Waals surface area contributed by atoms with Gasteiger partial charge in [-0.15, -0.1) is 0 Å². The summed E-state index contributed by atoms with van der Waals surface area (Å²) in [5.41, 5.74) is 6.94. The molecule has 2 atom stereocenters. The van der Waals surface area contributed by atoms with Crippen LogP contribution in [-0.2, 0) is 36.2 Å². The number of ketones is 1. The standard InChI is InChI=1S/C29H34F2N3O6P/c1-4-39-41(38,40-5-2)21-10-11-22-23(29(32)37)16-33(24(22)14-21)17-27(36)34-15-20(30)13-25(34)26(35)12-9-19-8-6-7-18(3)28(19)31/h6-8,10-11,14,16,20,25H,4-5,9,12-13,15,17H2,1-3H3,(H2,32,37)/t20-,25+/m1/s1. The minimum absolute atomic E-state index is 0.0483. The van der Waals surface area contributed by atoms with Gasteiger partial charge in [-0.3, -0.25) is 18.9 Å². The van der Waals surface area contributed by atoms with Crippen molar-refractivity contribution in [1.82, 2.24) is 9.47 Å². The van der Waals surface area contributed by atoms with Gasteiger partial charge in [0.25, 0.3) is 5.91 Å². The van der Waals surface area contributed by atoms with Crippen LogP contribution in [0.25, 0.3) is 10.9 Å². The summed E-state index contributed by atoms with van der Waals surface area (Å²) in [5, 5.41) is 0.657. The SMILES string of the molecule is CCOP(=O)(OCC)c1ccc2c(C(N)=O)cn(CC(=O)N3C[C@H](F)C[C@H]3C(=O)CCc3cccc(C)c3F)c2c1. The first kappa shape index (κ1) is 30.6. The summed E-state index contributed by atoms with van der Waals surface area (Å²) in [6, 6.07) is 8.54. The van der Waals surface area contributed by atoms with Crippen molar-refractivity contribution in [1.29, 1.82) is 0 Å². The molecule has 9 nitrogen and oxygen atoms in total. The summed E-state index contributed by atoms with van der Waals surface area (Å²) >= 11 is 0. The van der Waals surface area contributed by atoms with Crippen molar-refractivity contribution in [3.05, 3.63) is 65.1 Å². The Balaban J connectivity index is 1.60. The van der Waals surface area contributed by atoms with Crippen molar-refractivity contribution in [2.45, 2.75) is 58.8 Å². The maximum atomic E-state index is 14.5. The molecule has 12 heteroatoms. The topological polar surface area (TPSA) is 121 Å². The third-order valence-electron chi connectivity index (χ3n) is 7.21. The van der Waals surface area contributed by atoms with E-state index in [-0.39, 0.29) is 68.0 Å². The van der Waals surface area contributed by atoms with Gasteiger partial charge in [0.05, 0.1) is 42.2 Å². The Kier molecular flexibility index (Phi) is 9.41. The van der Waals surface area contributed by atoms with Crippen molar-refractivity contribution >= 4 is 41.4 Å². The van der Waals surface area contributed by atoms with Crippen molar-refractivity contribution < 1.29 is 36.8 Å². The lowest BCUT2D eigenvalue weighted by Crippen LogP contribution is -2.42. The van der Waals surface area contributed by atoms with Crippen LogP contribution in [0.5, 0.6) is 0 Å². The molecule has 2 heterocycles. The maximum absolute atomic E-state index is 14.5. The number of hydrogen-bond donors (Lipinski definition) is 1. The Morgan fingerprint density at radius 2 is 1.83 bits per heavy atom. The molecular formula is C29H34F2N3O6P. The summed E-state index contributed by atoms with van der Waals surface area (Å²) in [6.45, 7) is 4.67. The van der Waals surface area contributed by atoms with E-state index in [0.29, 0.717) is 22.0 Å². The number of amides is 2. The van der Waals surface area contributed by atoms with Gasteiger partial charge in [0.2, 0.25) is 5.91 Å². The highest BCUT2D eigenvalue weighted by Crippen LogP contribution is 2.47. The van der Waals surface area contributed by atoms with Gasteiger partial charge in [-0.2, -0.15) is 0 Å². The largest absolute Gasteiger partial charge is 0.366 e. The third kappa shape index (κ3) is 6.42. The van der Waals surface area contributed by atoms with Gasteiger partial charge in [0.15, 0.2) is 5.78 Å². The number of likely N-dealkylation sites (tertiary alicyclic amines) is 1. The summed E-state index contributed by atoms with van der Waals surface area (Å²) in [6.07, 6.45) is -0.0416. The zero-order valence-corrected chi connectivity index (χ0v) is 24.2. The summed E-state index contributed by atoms with van der Waals surface area (Å²) in [5.74, 6) is -2.01. The second kappa shape index (κ2) is 12.6.